The summed E-state index contributed by atoms with van der Waals surface area (Å²) < 4.78 is 0. The number of rotatable bonds is 4. The van der Waals surface area contributed by atoms with E-state index in [1.807, 2.05) is 18.9 Å². The number of carbonyl (C=O) groups excluding carboxylic acids is 1. The summed E-state index contributed by atoms with van der Waals surface area (Å²) in [6.07, 6.45) is 10.4. The van der Waals surface area contributed by atoms with Crippen molar-refractivity contribution in [3.63, 3.8) is 0 Å². The molecule has 5 heteroatoms. The molecule has 1 aromatic heterocycles. The van der Waals surface area contributed by atoms with Gasteiger partial charge in [0.15, 0.2) is 0 Å². The second-order valence-electron chi connectivity index (χ2n) is 5.38. The molecule has 1 amide bonds. The van der Waals surface area contributed by atoms with E-state index in [-0.39, 0.29) is 5.91 Å². The van der Waals surface area contributed by atoms with Crippen LogP contribution >= 0.6 is 0 Å². The fourth-order valence-electron chi connectivity index (χ4n) is 2.73. The third-order valence-electron chi connectivity index (χ3n) is 3.90. The molecule has 1 aliphatic rings. The molecule has 1 saturated carbocycles. The van der Waals surface area contributed by atoms with E-state index in [1.54, 1.807) is 12.4 Å². The van der Waals surface area contributed by atoms with Crippen molar-refractivity contribution in [1.29, 1.82) is 0 Å². The second-order valence-corrected chi connectivity index (χ2v) is 5.38. The normalized spacial score (nSPS) is 16.5. The Labute approximate surface area is 120 Å². The minimum absolute atomic E-state index is 0.0239. The Balaban J connectivity index is 2.07. The van der Waals surface area contributed by atoms with Gasteiger partial charge in [0, 0.05) is 19.6 Å². The molecule has 2 rings (SSSR count). The van der Waals surface area contributed by atoms with E-state index >= 15 is 0 Å². The van der Waals surface area contributed by atoms with Crippen LogP contribution < -0.4 is 5.32 Å². The number of nitrogens with one attached hydrogen (secondary N) is 1. The van der Waals surface area contributed by atoms with E-state index in [9.17, 15) is 4.79 Å². The molecule has 1 aromatic rings. The number of aromatic nitrogens is 2. The summed E-state index contributed by atoms with van der Waals surface area (Å²) in [5.74, 6) is 0.636. The van der Waals surface area contributed by atoms with Gasteiger partial charge < -0.3 is 10.2 Å². The van der Waals surface area contributed by atoms with E-state index in [0.717, 1.165) is 19.4 Å². The van der Waals surface area contributed by atoms with Crippen molar-refractivity contribution in [2.45, 2.75) is 51.5 Å². The number of anilines is 1. The van der Waals surface area contributed by atoms with Crippen LogP contribution in [0.15, 0.2) is 12.4 Å². The number of amides is 1. The number of carbonyl (C=O) groups is 1. The molecule has 0 radical (unpaired) electrons. The zero-order valence-electron chi connectivity index (χ0n) is 12.4. The zero-order chi connectivity index (χ0) is 14.4. The van der Waals surface area contributed by atoms with Crippen molar-refractivity contribution in [2.24, 2.45) is 0 Å². The van der Waals surface area contributed by atoms with Gasteiger partial charge in [-0.3, -0.25) is 9.78 Å². The fourth-order valence-corrected chi connectivity index (χ4v) is 2.73. The van der Waals surface area contributed by atoms with Crippen LogP contribution in [0.3, 0.4) is 0 Å². The Morgan fingerprint density at radius 1 is 1.30 bits per heavy atom. The number of hydrogen-bond acceptors (Lipinski definition) is 4. The van der Waals surface area contributed by atoms with Crippen LogP contribution in [0.4, 0.5) is 5.82 Å². The molecule has 0 spiro atoms. The first-order valence-electron chi connectivity index (χ1n) is 7.55. The first-order chi connectivity index (χ1) is 9.72. The topological polar surface area (TPSA) is 58.1 Å². The summed E-state index contributed by atoms with van der Waals surface area (Å²) in [6.45, 7) is 2.76. The van der Waals surface area contributed by atoms with Gasteiger partial charge in [-0.05, 0) is 19.8 Å². The molecule has 0 atom stereocenters. The lowest BCUT2D eigenvalue weighted by molar-refractivity contribution is 0.0711. The van der Waals surface area contributed by atoms with Gasteiger partial charge in [0.25, 0.3) is 5.91 Å². The molecule has 0 bridgehead atoms. The van der Waals surface area contributed by atoms with Gasteiger partial charge in [0.1, 0.15) is 11.5 Å². The molecule has 0 aliphatic heterocycles. The highest BCUT2D eigenvalue weighted by Gasteiger charge is 2.23. The summed E-state index contributed by atoms with van der Waals surface area (Å²) in [4.78, 5) is 22.8. The van der Waals surface area contributed by atoms with E-state index in [0.29, 0.717) is 17.6 Å². The minimum Gasteiger partial charge on any atom is -0.369 e. The van der Waals surface area contributed by atoms with Gasteiger partial charge in [-0.1, -0.05) is 25.7 Å². The lowest BCUT2D eigenvalue weighted by Gasteiger charge is -2.26. The molecule has 0 saturated heterocycles. The third kappa shape index (κ3) is 3.68. The lowest BCUT2D eigenvalue weighted by atomic mass is 10.1. The van der Waals surface area contributed by atoms with Crippen LogP contribution in [0.1, 0.15) is 55.9 Å². The number of hydrogen-bond donors (Lipinski definition) is 1. The molecule has 0 unspecified atom stereocenters. The first-order valence-corrected chi connectivity index (χ1v) is 7.55. The maximum absolute atomic E-state index is 12.5. The van der Waals surface area contributed by atoms with Gasteiger partial charge >= 0.3 is 0 Å². The van der Waals surface area contributed by atoms with E-state index in [2.05, 4.69) is 15.3 Å². The summed E-state index contributed by atoms with van der Waals surface area (Å²) in [5.41, 5.74) is 0.426. The van der Waals surface area contributed by atoms with Crippen molar-refractivity contribution in [3.8, 4) is 0 Å². The fraction of sp³-hybridized carbons (Fsp3) is 0.667. The van der Waals surface area contributed by atoms with Crippen molar-refractivity contribution >= 4 is 11.7 Å². The van der Waals surface area contributed by atoms with E-state index in [4.69, 9.17) is 0 Å². The third-order valence-corrected chi connectivity index (χ3v) is 3.90. The summed E-state index contributed by atoms with van der Waals surface area (Å²) in [7, 11) is 1.89. The molecular formula is C15H24N4O. The van der Waals surface area contributed by atoms with E-state index < -0.39 is 0 Å². The highest BCUT2D eigenvalue weighted by atomic mass is 16.2. The Morgan fingerprint density at radius 3 is 2.65 bits per heavy atom. The molecule has 0 aromatic carbocycles. The van der Waals surface area contributed by atoms with Crippen molar-refractivity contribution < 1.29 is 4.79 Å². The van der Waals surface area contributed by atoms with Crippen molar-refractivity contribution in [3.05, 3.63) is 18.1 Å². The molecule has 1 N–H and O–H groups in total. The number of nitrogens with zero attached hydrogens (tertiary/aromatic N) is 3. The quantitative estimate of drug-likeness (QED) is 0.859. The van der Waals surface area contributed by atoms with Crippen molar-refractivity contribution in [2.75, 3.05) is 18.9 Å². The van der Waals surface area contributed by atoms with Crippen LogP contribution in [-0.2, 0) is 0 Å². The Hall–Kier alpha value is -1.65. The molecular weight excluding hydrogens is 252 g/mol. The smallest absolute Gasteiger partial charge is 0.274 e. The maximum atomic E-state index is 12.5. The molecule has 20 heavy (non-hydrogen) atoms. The Bertz CT molecular complexity index is 441. The predicted molar refractivity (Wildman–Crippen MR) is 79.8 cm³/mol. The van der Waals surface area contributed by atoms with Crippen LogP contribution in [0, 0.1) is 0 Å². The zero-order valence-corrected chi connectivity index (χ0v) is 12.4. The van der Waals surface area contributed by atoms with Gasteiger partial charge in [-0.2, -0.15) is 0 Å². The van der Waals surface area contributed by atoms with Crippen LogP contribution in [-0.4, -0.2) is 40.4 Å². The molecule has 110 valence electrons. The Kier molecular flexibility index (Phi) is 5.32. The first kappa shape index (κ1) is 14.8. The minimum atomic E-state index is -0.0239. The van der Waals surface area contributed by atoms with Gasteiger partial charge in [0.05, 0.1) is 12.4 Å². The largest absolute Gasteiger partial charge is 0.369 e. The average molecular weight is 276 g/mol. The monoisotopic (exact) mass is 276 g/mol. The van der Waals surface area contributed by atoms with E-state index in [1.165, 1.54) is 25.7 Å². The molecule has 1 fully saturated rings. The summed E-state index contributed by atoms with van der Waals surface area (Å²) >= 11 is 0. The molecule has 1 heterocycles. The molecule has 5 nitrogen and oxygen atoms in total. The van der Waals surface area contributed by atoms with Crippen LogP contribution in [0.2, 0.25) is 0 Å². The molecule has 1 aliphatic carbocycles. The van der Waals surface area contributed by atoms with Gasteiger partial charge in [-0.25, -0.2) is 4.98 Å². The maximum Gasteiger partial charge on any atom is 0.274 e. The lowest BCUT2D eigenvalue weighted by Crippen LogP contribution is -2.37. The van der Waals surface area contributed by atoms with Crippen LogP contribution in [0.5, 0.6) is 0 Å². The highest BCUT2D eigenvalue weighted by Crippen LogP contribution is 2.22. The van der Waals surface area contributed by atoms with Crippen molar-refractivity contribution in [1.82, 2.24) is 14.9 Å². The Morgan fingerprint density at radius 2 is 2.00 bits per heavy atom. The SMILES string of the molecule is CCNc1cncc(C(=O)N(C)C2CCCCCC2)n1. The van der Waals surface area contributed by atoms with Gasteiger partial charge in [-0.15, -0.1) is 0 Å². The van der Waals surface area contributed by atoms with Crippen LogP contribution in [0.25, 0.3) is 0 Å². The highest BCUT2D eigenvalue weighted by molar-refractivity contribution is 5.92. The second kappa shape index (κ2) is 7.22. The predicted octanol–water partition coefficient (Wildman–Crippen LogP) is 2.70. The summed E-state index contributed by atoms with van der Waals surface area (Å²) in [6, 6.07) is 0.342. The average Bonchev–Trinajstić information content (AvgIpc) is 2.75. The summed E-state index contributed by atoms with van der Waals surface area (Å²) in [5, 5.41) is 3.09. The standard InChI is InChI=1S/C15H24N4O/c1-3-17-14-11-16-10-13(18-14)15(20)19(2)12-8-6-4-5-7-9-12/h10-12H,3-9H2,1-2H3,(H,17,18). The van der Waals surface area contributed by atoms with Gasteiger partial charge in [0.2, 0.25) is 0 Å².